The molecule has 4 heterocycles. The van der Waals surface area contributed by atoms with Gasteiger partial charge >= 0.3 is 23.9 Å². The van der Waals surface area contributed by atoms with Gasteiger partial charge in [0.1, 0.15) is 22.3 Å². The molecule has 0 aromatic carbocycles. The highest BCUT2D eigenvalue weighted by Crippen LogP contribution is 2.66. The fourth-order valence-electron chi connectivity index (χ4n) is 8.28. The zero-order valence-corrected chi connectivity index (χ0v) is 29.6. The van der Waals surface area contributed by atoms with Crippen molar-refractivity contribution in [1.82, 2.24) is 9.97 Å². The lowest BCUT2D eigenvalue weighted by atomic mass is 9.61. The molecule has 7 rings (SSSR count). The number of nitrogens with zero attached hydrogens (tertiary/aromatic N) is 4. The van der Waals surface area contributed by atoms with Gasteiger partial charge in [-0.15, -0.1) is 0 Å². The number of fused-ring (bicyclic) bond motifs is 6. The molecule has 2 spiro atoms. The van der Waals surface area contributed by atoms with E-state index in [0.717, 1.165) is 52.7 Å². The van der Waals surface area contributed by atoms with E-state index in [1.165, 1.54) is 14.2 Å². The molecule has 14 nitrogen and oxygen atoms in total. The second-order valence-corrected chi connectivity index (χ2v) is 13.3. The molecule has 5 aliphatic rings. The minimum absolute atomic E-state index is 0.182. The quantitative estimate of drug-likeness (QED) is 0.306. The molecular formula is C38H40N4O10. The fraction of sp³-hybridized carbons (Fsp3) is 0.474. The van der Waals surface area contributed by atoms with Gasteiger partial charge in [-0.25, -0.2) is 29.2 Å². The van der Waals surface area contributed by atoms with E-state index in [2.05, 4.69) is 9.97 Å². The Hall–Kier alpha value is -5.40. The summed E-state index contributed by atoms with van der Waals surface area (Å²) in [5.74, 6) is -4.27. The Morgan fingerprint density at radius 2 is 0.962 bits per heavy atom. The van der Waals surface area contributed by atoms with Crippen LogP contribution in [0.15, 0.2) is 68.9 Å². The Labute approximate surface area is 300 Å². The van der Waals surface area contributed by atoms with Crippen LogP contribution in [0.4, 0.5) is 0 Å². The third-order valence-electron chi connectivity index (χ3n) is 10.5. The molecule has 0 amide bonds. The van der Waals surface area contributed by atoms with Crippen LogP contribution in [0.1, 0.15) is 75.3 Å². The first-order valence-corrected chi connectivity index (χ1v) is 17.6. The number of pyridine rings is 2. The van der Waals surface area contributed by atoms with E-state index in [4.69, 9.17) is 38.4 Å². The molecule has 2 fully saturated rings. The number of hydrogen-bond acceptors (Lipinski definition) is 14. The summed E-state index contributed by atoms with van der Waals surface area (Å²) in [4.78, 5) is 76.1. The standard InChI is InChI=1S/C38H40N4O10/c1-47-33(43)25-27(35(45)49-3)37(51-31(25)41-21-13-7-5-8-14-21)23-17-11-19-39-29(23)30-24(18-12-20-40-30)38(37)28(36(46)50-4)26(34(44)48-2)32(52-38)42-22-15-9-6-10-16-22/h11-12,17-22H,5-10,13-16H2,1-4H3/t37-,38-/m0/s1. The maximum Gasteiger partial charge on any atom is 0.344 e. The van der Waals surface area contributed by atoms with Gasteiger partial charge in [0.05, 0.1) is 51.9 Å². The Morgan fingerprint density at radius 3 is 1.31 bits per heavy atom. The van der Waals surface area contributed by atoms with E-state index in [-0.39, 0.29) is 68.7 Å². The Balaban J connectivity index is 1.67. The molecule has 14 heteroatoms. The SMILES string of the molecule is COC(=O)C1=C(C(=O)OC)[C@@]2(OC1=NC1CCCCC1)c1cccnc1-c1ncccc1[C@@]21OC(=NC2CCCCC2)C(C(=O)OC)=C1C(=O)OC. The van der Waals surface area contributed by atoms with Crippen LogP contribution in [-0.4, -0.2) is 86.2 Å². The van der Waals surface area contributed by atoms with Crippen molar-refractivity contribution in [2.45, 2.75) is 87.5 Å². The number of methoxy groups -OCH3 is 4. The fourth-order valence-corrected chi connectivity index (χ4v) is 8.28. The average Bonchev–Trinajstić information content (AvgIpc) is 3.71. The highest BCUT2D eigenvalue weighted by Gasteiger charge is 2.76. The molecule has 272 valence electrons. The summed E-state index contributed by atoms with van der Waals surface area (Å²) in [5.41, 5.74) is -5.11. The van der Waals surface area contributed by atoms with Crippen LogP contribution in [-0.2, 0) is 58.8 Å². The summed E-state index contributed by atoms with van der Waals surface area (Å²) >= 11 is 0. The molecule has 2 aromatic rings. The molecule has 0 bridgehead atoms. The number of rotatable bonds is 6. The number of hydrogen-bond donors (Lipinski definition) is 0. The summed E-state index contributed by atoms with van der Waals surface area (Å²) in [6.45, 7) is 0. The Bertz CT molecular complexity index is 1820. The molecule has 0 saturated heterocycles. The Kier molecular flexibility index (Phi) is 9.40. The summed E-state index contributed by atoms with van der Waals surface area (Å²) in [5, 5.41) is 0. The number of ether oxygens (including phenoxy) is 6. The molecule has 2 aromatic heterocycles. The van der Waals surface area contributed by atoms with E-state index in [0.29, 0.717) is 25.7 Å². The molecule has 0 radical (unpaired) electrons. The molecule has 2 aliphatic heterocycles. The average molecular weight is 713 g/mol. The summed E-state index contributed by atoms with van der Waals surface area (Å²) in [6.07, 6.45) is 11.6. The molecule has 0 unspecified atom stereocenters. The van der Waals surface area contributed by atoms with Crippen LogP contribution in [0.5, 0.6) is 0 Å². The maximum absolute atomic E-state index is 14.5. The van der Waals surface area contributed by atoms with Crippen LogP contribution in [0, 0.1) is 0 Å². The summed E-state index contributed by atoms with van der Waals surface area (Å²) in [7, 11) is 4.67. The lowest BCUT2D eigenvalue weighted by Crippen LogP contribution is -2.57. The van der Waals surface area contributed by atoms with Crippen LogP contribution < -0.4 is 0 Å². The first kappa shape index (κ1) is 35.0. The topological polar surface area (TPSA) is 174 Å². The lowest BCUT2D eigenvalue weighted by Gasteiger charge is -2.49. The lowest BCUT2D eigenvalue weighted by molar-refractivity contribution is -0.151. The van der Waals surface area contributed by atoms with Crippen molar-refractivity contribution >= 4 is 35.7 Å². The number of carbonyl (C=O) groups is 4. The summed E-state index contributed by atoms with van der Waals surface area (Å²) in [6, 6.07) is 5.99. The normalized spacial score (nSPS) is 25.8. The van der Waals surface area contributed by atoms with Crippen LogP contribution in [0.2, 0.25) is 0 Å². The van der Waals surface area contributed by atoms with E-state index in [9.17, 15) is 19.2 Å². The van der Waals surface area contributed by atoms with Gasteiger partial charge in [0, 0.05) is 23.5 Å². The van der Waals surface area contributed by atoms with Crippen molar-refractivity contribution < 1.29 is 47.6 Å². The highest BCUT2D eigenvalue weighted by atomic mass is 16.6. The smallest absolute Gasteiger partial charge is 0.344 e. The van der Waals surface area contributed by atoms with Gasteiger partial charge in [-0.05, 0) is 37.8 Å². The van der Waals surface area contributed by atoms with E-state index in [1.54, 1.807) is 36.7 Å². The van der Waals surface area contributed by atoms with E-state index in [1.807, 2.05) is 0 Å². The van der Waals surface area contributed by atoms with E-state index < -0.39 is 35.1 Å². The van der Waals surface area contributed by atoms with Gasteiger partial charge in [-0.3, -0.25) is 9.97 Å². The molecule has 52 heavy (non-hydrogen) atoms. The predicted octanol–water partition coefficient (Wildman–Crippen LogP) is 4.36. The molecule has 2 saturated carbocycles. The van der Waals surface area contributed by atoms with Crippen molar-refractivity contribution in [2.24, 2.45) is 9.98 Å². The van der Waals surface area contributed by atoms with Crippen molar-refractivity contribution in [3.63, 3.8) is 0 Å². The van der Waals surface area contributed by atoms with Gasteiger partial charge < -0.3 is 28.4 Å². The third-order valence-corrected chi connectivity index (χ3v) is 10.5. The molecule has 2 atom stereocenters. The minimum atomic E-state index is -2.32. The predicted molar refractivity (Wildman–Crippen MR) is 184 cm³/mol. The van der Waals surface area contributed by atoms with Crippen molar-refractivity contribution in [3.8, 4) is 11.4 Å². The number of esters is 4. The van der Waals surface area contributed by atoms with Gasteiger partial charge in [0.25, 0.3) is 0 Å². The van der Waals surface area contributed by atoms with Crippen molar-refractivity contribution in [3.05, 3.63) is 70.1 Å². The van der Waals surface area contributed by atoms with Crippen LogP contribution in [0.25, 0.3) is 11.4 Å². The third kappa shape index (κ3) is 5.21. The summed E-state index contributed by atoms with van der Waals surface area (Å²) < 4.78 is 35.5. The number of carbonyl (C=O) groups excluding carboxylic acids is 4. The van der Waals surface area contributed by atoms with Crippen molar-refractivity contribution in [2.75, 3.05) is 28.4 Å². The first-order chi connectivity index (χ1) is 25.3. The van der Waals surface area contributed by atoms with Gasteiger partial charge in [0.2, 0.25) is 23.0 Å². The van der Waals surface area contributed by atoms with Gasteiger partial charge in [-0.2, -0.15) is 0 Å². The van der Waals surface area contributed by atoms with Crippen LogP contribution in [0.3, 0.4) is 0 Å². The molecule has 0 N–H and O–H groups in total. The monoisotopic (exact) mass is 712 g/mol. The zero-order chi connectivity index (χ0) is 36.6. The molecule has 3 aliphatic carbocycles. The second kappa shape index (κ2) is 14.0. The molecular weight excluding hydrogens is 672 g/mol. The zero-order valence-electron chi connectivity index (χ0n) is 29.6. The van der Waals surface area contributed by atoms with Gasteiger partial charge in [0.15, 0.2) is 0 Å². The first-order valence-electron chi connectivity index (χ1n) is 17.6. The van der Waals surface area contributed by atoms with E-state index >= 15 is 0 Å². The Morgan fingerprint density at radius 1 is 0.596 bits per heavy atom. The second-order valence-electron chi connectivity index (χ2n) is 13.3. The largest absolute Gasteiger partial charge is 0.466 e. The maximum atomic E-state index is 14.5. The minimum Gasteiger partial charge on any atom is -0.466 e. The van der Waals surface area contributed by atoms with Gasteiger partial charge in [-0.1, -0.05) is 50.7 Å². The highest BCUT2D eigenvalue weighted by molar-refractivity contribution is 6.27. The number of aromatic nitrogens is 2. The van der Waals surface area contributed by atoms with Crippen molar-refractivity contribution in [1.29, 1.82) is 0 Å². The van der Waals surface area contributed by atoms with Crippen LogP contribution >= 0.6 is 0 Å². The number of aliphatic imine (C=N–C) groups is 2.